The molecule has 0 aliphatic carbocycles. The van der Waals surface area contributed by atoms with E-state index in [1.807, 2.05) is 27.7 Å². The molecule has 0 aliphatic heterocycles. The van der Waals surface area contributed by atoms with Gasteiger partial charge in [0, 0.05) is 17.7 Å². The fraction of sp³-hybridized carbons (Fsp3) is 0.429. The molecule has 0 radical (unpaired) electrons. The van der Waals surface area contributed by atoms with E-state index in [4.69, 9.17) is 0 Å². The van der Waals surface area contributed by atoms with Crippen molar-refractivity contribution in [2.45, 2.75) is 99.7 Å². The summed E-state index contributed by atoms with van der Waals surface area (Å²) in [4.78, 5) is 10.5. The first-order valence-corrected chi connectivity index (χ1v) is 15.7. The Kier molecular flexibility index (Phi) is 12.8. The van der Waals surface area contributed by atoms with Crippen LogP contribution < -0.4 is 0 Å². The highest BCUT2D eigenvalue weighted by molar-refractivity contribution is 6.90. The molecule has 1 rings (SSSR count). The molecule has 0 saturated heterocycles. The molecule has 0 N–H and O–H groups in total. The van der Waals surface area contributed by atoms with Crippen LogP contribution >= 0.6 is 0 Å². The monoisotopic (exact) mass is 537 g/mol. The molecule has 0 aliphatic rings. The number of hydrogen-bond acceptors (Lipinski definition) is 2. The predicted octanol–water partition coefficient (Wildman–Crippen LogP) is 9.18. The van der Waals surface area contributed by atoms with Gasteiger partial charge in [-0.25, -0.2) is 0 Å². The van der Waals surface area contributed by atoms with Gasteiger partial charge < -0.3 is 0 Å². The van der Waals surface area contributed by atoms with Crippen molar-refractivity contribution in [3.05, 3.63) is 73.4 Å². The van der Waals surface area contributed by atoms with Gasteiger partial charge in [0.05, 0.1) is 21.6 Å². The molecular formula is C35H43NO2Si. The van der Waals surface area contributed by atoms with Gasteiger partial charge in [0.15, 0.2) is 0 Å². The average molecular weight is 538 g/mol. The lowest BCUT2D eigenvalue weighted by Crippen LogP contribution is -2.43. The summed E-state index contributed by atoms with van der Waals surface area (Å²) in [5.74, 6) is 22.7. The number of hydrogen-bond donors (Lipinski definition) is 0. The summed E-state index contributed by atoms with van der Waals surface area (Å²) in [6.07, 6.45) is 0. The minimum Gasteiger partial charge on any atom is -0.258 e. The van der Waals surface area contributed by atoms with Gasteiger partial charge in [0.1, 0.15) is 8.07 Å². The van der Waals surface area contributed by atoms with Crippen molar-refractivity contribution in [3.63, 3.8) is 0 Å². The Labute approximate surface area is 238 Å². The fourth-order valence-corrected chi connectivity index (χ4v) is 9.71. The molecule has 4 heteroatoms. The van der Waals surface area contributed by atoms with Crippen molar-refractivity contribution in [2.24, 2.45) is 0 Å². The second kappa shape index (κ2) is 15.0. The minimum absolute atomic E-state index is 0.0422. The molecule has 0 heterocycles. The van der Waals surface area contributed by atoms with E-state index >= 15 is 0 Å². The van der Waals surface area contributed by atoms with Crippen molar-refractivity contribution >= 4 is 13.8 Å². The first-order chi connectivity index (χ1) is 18.1. The zero-order valence-electron chi connectivity index (χ0n) is 25.8. The van der Waals surface area contributed by atoms with Crippen LogP contribution in [-0.2, 0) is 0 Å². The van der Waals surface area contributed by atoms with Crippen molar-refractivity contribution < 1.29 is 4.92 Å². The molecule has 0 fully saturated rings. The summed E-state index contributed by atoms with van der Waals surface area (Å²) >= 11 is 0. The van der Waals surface area contributed by atoms with Gasteiger partial charge in [-0.3, -0.25) is 10.1 Å². The second-order valence-electron chi connectivity index (χ2n) is 11.3. The molecule has 0 atom stereocenters. The van der Waals surface area contributed by atoms with Gasteiger partial charge in [-0.1, -0.05) is 99.7 Å². The fourth-order valence-electron chi connectivity index (χ4n) is 4.50. The van der Waals surface area contributed by atoms with E-state index in [0.717, 1.165) is 27.9 Å². The van der Waals surface area contributed by atoms with Gasteiger partial charge in [-0.05, 0) is 70.3 Å². The largest absolute Gasteiger partial charge is 0.269 e. The first-order valence-electron chi connectivity index (χ1n) is 13.5. The molecule has 39 heavy (non-hydrogen) atoms. The molecule has 1 aromatic carbocycles. The number of nitro groups is 1. The third-order valence-electron chi connectivity index (χ3n) is 6.80. The molecule has 0 saturated carbocycles. The van der Waals surface area contributed by atoms with Crippen molar-refractivity contribution in [1.82, 2.24) is 0 Å². The Morgan fingerprint density at radius 2 is 1.00 bits per heavy atom. The molecule has 0 bridgehead atoms. The molecule has 0 amide bonds. The Bertz CT molecular complexity index is 1390. The lowest BCUT2D eigenvalue weighted by molar-refractivity contribution is -0.384. The van der Waals surface area contributed by atoms with E-state index < -0.39 is 13.0 Å². The highest BCUT2D eigenvalue weighted by Crippen LogP contribution is 2.40. The van der Waals surface area contributed by atoms with Crippen LogP contribution in [0.25, 0.3) is 0 Å². The van der Waals surface area contributed by atoms with Gasteiger partial charge in [0.2, 0.25) is 0 Å². The lowest BCUT2D eigenvalue weighted by Gasteiger charge is -2.38. The summed E-state index contributed by atoms with van der Waals surface area (Å²) in [7, 11) is -1.86. The Morgan fingerprint density at radius 3 is 1.33 bits per heavy atom. The summed E-state index contributed by atoms with van der Waals surface area (Å²) in [5.41, 5.74) is 11.7. The van der Waals surface area contributed by atoms with Crippen LogP contribution in [-0.4, -0.2) is 13.0 Å². The minimum atomic E-state index is -1.86. The SMILES string of the molecule is CC(C)=C(C#CC(C#Cc1ccc([N+](=O)[O-])cc1)=C(C)C)C#CC(C#C[Si](C(C)C)(C(C)C)C(C)C)=C(C)C. The van der Waals surface area contributed by atoms with Crippen LogP contribution in [0.2, 0.25) is 16.6 Å². The van der Waals surface area contributed by atoms with E-state index in [1.165, 1.54) is 12.1 Å². The third kappa shape index (κ3) is 9.52. The Morgan fingerprint density at radius 1 is 0.641 bits per heavy atom. The average Bonchev–Trinajstić information content (AvgIpc) is 2.83. The Balaban J connectivity index is 3.45. The van der Waals surface area contributed by atoms with Crippen LogP contribution in [0, 0.1) is 57.1 Å². The molecular weight excluding hydrogens is 494 g/mol. The number of non-ortho nitro benzene ring substituents is 1. The number of allylic oxidation sites excluding steroid dienone is 6. The number of nitrogens with zero attached hydrogens (tertiary/aromatic N) is 1. The predicted molar refractivity (Wildman–Crippen MR) is 169 cm³/mol. The zero-order valence-corrected chi connectivity index (χ0v) is 26.8. The number of rotatable bonds is 4. The van der Waals surface area contributed by atoms with Gasteiger partial charge in [-0.15, -0.1) is 5.54 Å². The highest BCUT2D eigenvalue weighted by Gasteiger charge is 2.41. The second-order valence-corrected chi connectivity index (χ2v) is 16.9. The summed E-state index contributed by atoms with van der Waals surface area (Å²) < 4.78 is 0. The maximum absolute atomic E-state index is 10.9. The van der Waals surface area contributed by atoms with Crippen LogP contribution in [0.15, 0.2) is 57.7 Å². The normalized spacial score (nSPS) is 10.1. The van der Waals surface area contributed by atoms with Gasteiger partial charge >= 0.3 is 0 Å². The summed E-state index contributed by atoms with van der Waals surface area (Å²) in [6, 6.07) is 6.19. The van der Waals surface area contributed by atoms with E-state index in [9.17, 15) is 10.1 Å². The third-order valence-corrected chi connectivity index (χ3v) is 13.1. The van der Waals surface area contributed by atoms with Crippen LogP contribution in [0.1, 0.15) is 88.6 Å². The number of nitro benzene ring substituents is 1. The Hall–Kier alpha value is -3.70. The van der Waals surface area contributed by atoms with Gasteiger partial charge in [-0.2, -0.15) is 0 Å². The van der Waals surface area contributed by atoms with E-state index in [1.54, 1.807) is 12.1 Å². The molecule has 0 aromatic heterocycles. The molecule has 0 unspecified atom stereocenters. The van der Waals surface area contributed by atoms with Crippen molar-refractivity contribution in [2.75, 3.05) is 0 Å². The standard InChI is InChI=1S/C35H43NO2Si/c1-25(2)32(16-13-31-14-21-35(22-15-31)36(37)38)17-18-33(26(3)4)19-20-34(27(5)6)23-24-39(28(7)8,29(9)10)30(11)12/h14-15,21-22,28-30H,1-12H3. The van der Waals surface area contributed by atoms with Crippen molar-refractivity contribution in [1.29, 1.82) is 0 Å². The highest BCUT2D eigenvalue weighted by atomic mass is 28.3. The van der Waals surface area contributed by atoms with Crippen LogP contribution in [0.4, 0.5) is 5.69 Å². The maximum atomic E-state index is 10.9. The summed E-state index contributed by atoms with van der Waals surface area (Å²) in [6.45, 7) is 26.0. The smallest absolute Gasteiger partial charge is 0.258 e. The molecule has 0 spiro atoms. The first kappa shape index (κ1) is 33.3. The molecule has 204 valence electrons. The topological polar surface area (TPSA) is 43.1 Å². The number of benzene rings is 1. The summed E-state index contributed by atoms with van der Waals surface area (Å²) in [5, 5.41) is 10.9. The maximum Gasteiger partial charge on any atom is 0.269 e. The molecule has 1 aromatic rings. The van der Waals surface area contributed by atoms with E-state index in [0.29, 0.717) is 27.8 Å². The van der Waals surface area contributed by atoms with Crippen molar-refractivity contribution in [3.8, 4) is 47.0 Å². The quantitative estimate of drug-likeness (QED) is 0.166. The molecule has 3 nitrogen and oxygen atoms in total. The zero-order chi connectivity index (χ0) is 29.9. The van der Waals surface area contributed by atoms with Crippen LogP contribution in [0.5, 0.6) is 0 Å². The lowest BCUT2D eigenvalue weighted by atomic mass is 10.1. The van der Waals surface area contributed by atoms with E-state index in [-0.39, 0.29) is 5.69 Å². The van der Waals surface area contributed by atoms with Crippen LogP contribution in [0.3, 0.4) is 0 Å². The van der Waals surface area contributed by atoms with Gasteiger partial charge in [0.25, 0.3) is 5.69 Å². The van der Waals surface area contributed by atoms with E-state index in [2.05, 4.69) is 102 Å².